The Morgan fingerprint density at radius 2 is 2.50 bits per heavy atom. The molecule has 1 aromatic heterocycles. The summed E-state index contributed by atoms with van der Waals surface area (Å²) in [6.07, 6.45) is 2.55. The molecule has 0 saturated heterocycles. The van der Waals surface area contributed by atoms with Crippen molar-refractivity contribution in [1.29, 1.82) is 0 Å². The fraction of sp³-hybridized carbons (Fsp3) is 0.286. The molecule has 0 aliphatic carbocycles. The number of pyridine rings is 1. The summed E-state index contributed by atoms with van der Waals surface area (Å²) in [7, 11) is 0. The van der Waals surface area contributed by atoms with E-state index in [0.29, 0.717) is 5.03 Å². The molecular weight excluding hydrogens is 149 g/mol. The molecule has 54 valence electrons. The molecule has 0 saturated carbocycles. The maximum atomic E-state index is 11.9. The van der Waals surface area contributed by atoms with Crippen molar-refractivity contribution in [3.05, 3.63) is 23.9 Å². The Hall–Kier alpha value is -0.570. The van der Waals surface area contributed by atoms with Crippen molar-refractivity contribution in [1.82, 2.24) is 4.98 Å². The van der Waals surface area contributed by atoms with Gasteiger partial charge in [0.05, 0.1) is 0 Å². The van der Waals surface area contributed by atoms with E-state index in [-0.39, 0.29) is 12.1 Å². The van der Waals surface area contributed by atoms with Crippen LogP contribution in [0.4, 0.5) is 3.89 Å². The zero-order chi connectivity index (χ0) is 7.40. The molecule has 0 aliphatic heterocycles. The molecule has 1 aromatic rings. The van der Waals surface area contributed by atoms with E-state index in [2.05, 4.69) is 4.98 Å². The van der Waals surface area contributed by atoms with Gasteiger partial charge in [-0.15, -0.1) is 0 Å². The third-order valence-corrected chi connectivity index (χ3v) is 1.67. The third kappa shape index (κ3) is 1.70. The molecule has 0 fully saturated rings. The van der Waals surface area contributed by atoms with Crippen molar-refractivity contribution in [3.8, 4) is 0 Å². The van der Waals surface area contributed by atoms with Gasteiger partial charge < -0.3 is 0 Å². The van der Waals surface area contributed by atoms with Gasteiger partial charge in [-0.25, -0.2) is 4.98 Å². The quantitative estimate of drug-likeness (QED) is 0.654. The zero-order valence-electron chi connectivity index (χ0n) is 5.67. The number of aryl methyl sites for hydroxylation is 1. The largest absolute Gasteiger partial charge is 0.247 e. The second-order valence-electron chi connectivity index (χ2n) is 1.93. The van der Waals surface area contributed by atoms with Gasteiger partial charge in [-0.05, 0) is 24.1 Å². The van der Waals surface area contributed by atoms with E-state index >= 15 is 0 Å². The average Bonchev–Trinajstić information content (AvgIpc) is 2.05. The Morgan fingerprint density at radius 3 is 3.10 bits per heavy atom. The molecule has 1 heterocycles. The van der Waals surface area contributed by atoms with Crippen molar-refractivity contribution >= 4 is 12.1 Å². The third-order valence-electron chi connectivity index (χ3n) is 1.29. The van der Waals surface area contributed by atoms with Crippen LogP contribution >= 0.6 is 12.1 Å². The van der Waals surface area contributed by atoms with Crippen LogP contribution in [0, 0.1) is 0 Å². The van der Waals surface area contributed by atoms with Gasteiger partial charge in [0.15, 0.2) is 0 Å². The zero-order valence-corrected chi connectivity index (χ0v) is 6.49. The predicted octanol–water partition coefficient (Wildman–Crippen LogP) is 2.62. The Bertz CT molecular complexity index is 195. The highest BCUT2D eigenvalue weighted by molar-refractivity contribution is 7.94. The lowest BCUT2D eigenvalue weighted by atomic mass is 10.2. The van der Waals surface area contributed by atoms with Crippen LogP contribution in [-0.4, -0.2) is 4.98 Å². The summed E-state index contributed by atoms with van der Waals surface area (Å²) in [4.78, 5) is 3.79. The second-order valence-corrected chi connectivity index (χ2v) is 2.51. The Balaban J connectivity index is 2.87. The maximum Gasteiger partial charge on any atom is 0.129 e. The smallest absolute Gasteiger partial charge is 0.129 e. The molecule has 1 rings (SSSR count). The first-order chi connectivity index (χ1) is 4.86. The number of hydrogen-bond donors (Lipinski definition) is 0. The van der Waals surface area contributed by atoms with Crippen LogP contribution in [0.1, 0.15) is 12.5 Å². The van der Waals surface area contributed by atoms with Gasteiger partial charge in [-0.1, -0.05) is 6.92 Å². The highest BCUT2D eigenvalue weighted by atomic mass is 32.2. The molecule has 0 radical (unpaired) electrons. The molecular formula is C7H8FNS. The Morgan fingerprint density at radius 1 is 1.70 bits per heavy atom. The lowest BCUT2D eigenvalue weighted by molar-refractivity contribution is 0.915. The lowest BCUT2D eigenvalue weighted by Crippen LogP contribution is -1.82. The summed E-state index contributed by atoms with van der Waals surface area (Å²) in [6.45, 7) is 2.03. The van der Waals surface area contributed by atoms with Crippen molar-refractivity contribution in [2.75, 3.05) is 0 Å². The van der Waals surface area contributed by atoms with Crippen molar-refractivity contribution in [3.63, 3.8) is 0 Å². The monoisotopic (exact) mass is 157 g/mol. The minimum absolute atomic E-state index is 0.187. The van der Waals surface area contributed by atoms with Gasteiger partial charge in [0.1, 0.15) is 17.2 Å². The molecule has 1 nitrogen and oxygen atoms in total. The number of aromatic nitrogens is 1. The van der Waals surface area contributed by atoms with Gasteiger partial charge in [0.25, 0.3) is 0 Å². The first-order valence-electron chi connectivity index (χ1n) is 3.10. The summed E-state index contributed by atoms with van der Waals surface area (Å²) in [5, 5.41) is 0.444. The highest BCUT2D eigenvalue weighted by Crippen LogP contribution is 2.16. The molecule has 0 aliphatic rings. The first-order valence-corrected chi connectivity index (χ1v) is 3.82. The maximum absolute atomic E-state index is 11.9. The number of halogens is 1. The van der Waals surface area contributed by atoms with Crippen LogP contribution in [0.5, 0.6) is 0 Å². The van der Waals surface area contributed by atoms with E-state index in [1.165, 1.54) is 0 Å². The van der Waals surface area contributed by atoms with E-state index in [1.807, 2.05) is 13.0 Å². The van der Waals surface area contributed by atoms with Crippen LogP contribution in [0.3, 0.4) is 0 Å². The molecule has 10 heavy (non-hydrogen) atoms. The number of rotatable bonds is 2. The van der Waals surface area contributed by atoms with Crippen molar-refractivity contribution in [2.45, 2.75) is 18.4 Å². The van der Waals surface area contributed by atoms with E-state index in [4.69, 9.17) is 0 Å². The second kappa shape index (κ2) is 3.56. The standard InChI is InChI=1S/C7H8FNS/c1-2-6-3-4-9-7(5-6)10-8/h3-5H,2H2,1H3. The lowest BCUT2D eigenvalue weighted by Gasteiger charge is -1.95. The van der Waals surface area contributed by atoms with Crippen LogP contribution in [0.15, 0.2) is 23.4 Å². The predicted molar refractivity (Wildman–Crippen MR) is 40.6 cm³/mol. The highest BCUT2D eigenvalue weighted by Gasteiger charge is 1.94. The molecule has 0 amide bonds. The summed E-state index contributed by atoms with van der Waals surface area (Å²) < 4.78 is 11.9. The van der Waals surface area contributed by atoms with Crippen LogP contribution < -0.4 is 0 Å². The normalized spacial score (nSPS) is 9.80. The van der Waals surface area contributed by atoms with Crippen LogP contribution in [0.2, 0.25) is 0 Å². The van der Waals surface area contributed by atoms with E-state index in [9.17, 15) is 3.89 Å². The first kappa shape index (κ1) is 7.54. The minimum Gasteiger partial charge on any atom is -0.247 e. The summed E-state index contributed by atoms with van der Waals surface area (Å²) in [6, 6.07) is 3.64. The molecule has 0 bridgehead atoms. The number of hydrogen-bond acceptors (Lipinski definition) is 2. The Labute approximate surface area is 64.0 Å². The van der Waals surface area contributed by atoms with Gasteiger partial charge >= 0.3 is 0 Å². The Kier molecular flexibility index (Phi) is 2.68. The topological polar surface area (TPSA) is 12.9 Å². The van der Waals surface area contributed by atoms with Crippen LogP contribution in [0.25, 0.3) is 0 Å². The van der Waals surface area contributed by atoms with Crippen molar-refractivity contribution in [2.24, 2.45) is 0 Å². The number of nitrogens with zero attached hydrogens (tertiary/aromatic N) is 1. The van der Waals surface area contributed by atoms with E-state index in [0.717, 1.165) is 12.0 Å². The molecule has 3 heteroatoms. The fourth-order valence-corrected chi connectivity index (χ4v) is 1.01. The van der Waals surface area contributed by atoms with Crippen molar-refractivity contribution < 1.29 is 3.89 Å². The minimum atomic E-state index is 0.187. The van der Waals surface area contributed by atoms with Crippen LogP contribution in [-0.2, 0) is 6.42 Å². The fourth-order valence-electron chi connectivity index (χ4n) is 0.713. The SMILES string of the molecule is CCc1ccnc(SF)c1. The van der Waals surface area contributed by atoms with Gasteiger partial charge in [-0.3, -0.25) is 0 Å². The average molecular weight is 157 g/mol. The molecule has 0 unspecified atom stereocenters. The molecule has 0 N–H and O–H groups in total. The summed E-state index contributed by atoms with van der Waals surface area (Å²) in [5.41, 5.74) is 1.12. The molecule has 0 atom stereocenters. The summed E-state index contributed by atoms with van der Waals surface area (Å²) in [5.74, 6) is 0. The van der Waals surface area contributed by atoms with Gasteiger partial charge in [-0.2, -0.15) is 3.89 Å². The molecule has 0 aromatic carbocycles. The van der Waals surface area contributed by atoms with Gasteiger partial charge in [0, 0.05) is 6.20 Å². The van der Waals surface area contributed by atoms with Gasteiger partial charge in [0.2, 0.25) is 0 Å². The van der Waals surface area contributed by atoms with E-state index in [1.54, 1.807) is 12.3 Å². The summed E-state index contributed by atoms with van der Waals surface area (Å²) >= 11 is 0.187. The van der Waals surface area contributed by atoms with E-state index < -0.39 is 0 Å². The molecule has 0 spiro atoms.